The number of imidazole rings is 1. The van der Waals surface area contributed by atoms with E-state index in [0.717, 1.165) is 10.9 Å². The van der Waals surface area contributed by atoms with Gasteiger partial charge in [0, 0.05) is 30.2 Å². The van der Waals surface area contributed by atoms with E-state index in [1.54, 1.807) is 25.1 Å². The van der Waals surface area contributed by atoms with Crippen molar-refractivity contribution in [3.05, 3.63) is 59.8 Å². The van der Waals surface area contributed by atoms with Crippen molar-refractivity contribution in [2.75, 3.05) is 6.61 Å². The van der Waals surface area contributed by atoms with Crippen molar-refractivity contribution in [3.8, 4) is 22.9 Å². The second kappa shape index (κ2) is 10.8. The number of nitrogens with zero attached hydrogens (tertiary/aromatic N) is 5. The highest BCUT2D eigenvalue weighted by Crippen LogP contribution is 2.37. The summed E-state index contributed by atoms with van der Waals surface area (Å²) in [5, 5.41) is 33.7. The van der Waals surface area contributed by atoms with Crippen LogP contribution in [0, 0.1) is 0 Å². The van der Waals surface area contributed by atoms with E-state index in [-0.39, 0.29) is 35.3 Å². The van der Waals surface area contributed by atoms with Crippen LogP contribution >= 0.6 is 0 Å². The molecule has 0 radical (unpaired) electrons. The zero-order chi connectivity index (χ0) is 27.6. The Kier molecular flexibility index (Phi) is 7.66. The van der Waals surface area contributed by atoms with Gasteiger partial charge in [-0.15, -0.1) is 0 Å². The van der Waals surface area contributed by atoms with Crippen LogP contribution in [0.5, 0.6) is 11.6 Å². The van der Waals surface area contributed by atoms with E-state index in [0.29, 0.717) is 23.3 Å². The first-order valence-corrected chi connectivity index (χ1v) is 11.6. The molecule has 4 rings (SSSR count). The summed E-state index contributed by atoms with van der Waals surface area (Å²) in [5.74, 6) is 0.000866. The van der Waals surface area contributed by atoms with Gasteiger partial charge in [-0.2, -0.15) is 18.3 Å². The van der Waals surface area contributed by atoms with Gasteiger partial charge in [0.25, 0.3) is 11.8 Å². The molecule has 0 aliphatic heterocycles. The number of carbonyl (C=O) groups excluding carboxylic acids is 1. The smallest absolute Gasteiger partial charge is 0.435 e. The van der Waals surface area contributed by atoms with Crippen LogP contribution in [0.15, 0.2) is 43.0 Å². The molecule has 0 spiro atoms. The van der Waals surface area contributed by atoms with E-state index in [4.69, 9.17) is 14.9 Å². The SMILES string of the molecule is CCc1cc(Oc2nccn3c(-c4cn(CC(O)O)nc4C(F)(F)F)cnc23)ccc1C(=O)N[C@@H](C)CO. The highest BCUT2D eigenvalue weighted by atomic mass is 19.4. The lowest BCUT2D eigenvalue weighted by Gasteiger charge is -2.14. The van der Waals surface area contributed by atoms with Gasteiger partial charge >= 0.3 is 6.18 Å². The Morgan fingerprint density at radius 3 is 2.66 bits per heavy atom. The second-order valence-corrected chi connectivity index (χ2v) is 8.49. The maximum absolute atomic E-state index is 13.7. The molecule has 4 N–H and O–H groups in total. The van der Waals surface area contributed by atoms with Crippen molar-refractivity contribution in [2.24, 2.45) is 0 Å². The molecule has 11 nitrogen and oxygen atoms in total. The second-order valence-electron chi connectivity index (χ2n) is 8.49. The number of amides is 1. The number of alkyl halides is 3. The molecule has 0 aliphatic rings. The third kappa shape index (κ3) is 5.61. The van der Waals surface area contributed by atoms with Gasteiger partial charge in [0.2, 0.25) is 5.65 Å². The number of aromatic nitrogens is 5. The molecule has 0 bridgehead atoms. The number of ether oxygens (including phenoxy) is 1. The van der Waals surface area contributed by atoms with Crippen LogP contribution in [0.3, 0.4) is 0 Å². The summed E-state index contributed by atoms with van der Waals surface area (Å²) < 4.78 is 49.2. The van der Waals surface area contributed by atoms with Gasteiger partial charge in [-0.1, -0.05) is 6.92 Å². The fraction of sp³-hybridized carbons (Fsp3) is 0.333. The summed E-state index contributed by atoms with van der Waals surface area (Å²) in [7, 11) is 0. The van der Waals surface area contributed by atoms with Gasteiger partial charge in [-0.25, -0.2) is 9.97 Å². The van der Waals surface area contributed by atoms with E-state index >= 15 is 0 Å². The first kappa shape index (κ1) is 27.0. The number of hydrogen-bond donors (Lipinski definition) is 4. The lowest BCUT2D eigenvalue weighted by Crippen LogP contribution is -2.35. The molecule has 1 aromatic carbocycles. The molecule has 0 fully saturated rings. The Hall–Kier alpha value is -4.01. The number of halogens is 3. The number of hydrogen-bond acceptors (Lipinski definition) is 8. The monoisotopic (exact) mass is 534 g/mol. The molecule has 0 saturated heterocycles. The molecule has 0 aliphatic carbocycles. The highest BCUT2D eigenvalue weighted by molar-refractivity contribution is 5.96. The number of benzene rings is 1. The van der Waals surface area contributed by atoms with Crippen LogP contribution in [-0.2, 0) is 19.1 Å². The Morgan fingerprint density at radius 2 is 2.00 bits per heavy atom. The Balaban J connectivity index is 1.69. The number of rotatable bonds is 9. The van der Waals surface area contributed by atoms with E-state index in [1.807, 2.05) is 6.92 Å². The average molecular weight is 534 g/mol. The number of carbonyl (C=O) groups is 1. The van der Waals surface area contributed by atoms with Crippen molar-refractivity contribution in [1.82, 2.24) is 29.5 Å². The quantitative estimate of drug-likeness (QED) is 0.240. The summed E-state index contributed by atoms with van der Waals surface area (Å²) in [6.07, 6.45) is -1.18. The number of aliphatic hydroxyl groups is 3. The lowest BCUT2D eigenvalue weighted by molar-refractivity contribution is -0.141. The summed E-state index contributed by atoms with van der Waals surface area (Å²) in [5.41, 5.74) is -0.270. The number of nitrogens with one attached hydrogen (secondary N) is 1. The molecule has 4 aromatic rings. The molecular formula is C24H25F3N6O5. The van der Waals surface area contributed by atoms with Crippen LogP contribution in [0.1, 0.15) is 35.5 Å². The van der Waals surface area contributed by atoms with E-state index in [9.17, 15) is 23.1 Å². The largest absolute Gasteiger partial charge is 0.436 e. The third-order valence-electron chi connectivity index (χ3n) is 5.62. The van der Waals surface area contributed by atoms with Gasteiger partial charge in [0.05, 0.1) is 30.6 Å². The first-order chi connectivity index (χ1) is 18.0. The van der Waals surface area contributed by atoms with E-state index < -0.39 is 30.7 Å². The maximum atomic E-state index is 13.7. The summed E-state index contributed by atoms with van der Waals surface area (Å²) in [6, 6.07) is 4.36. The van der Waals surface area contributed by atoms with Crippen molar-refractivity contribution < 1.29 is 38.0 Å². The number of aliphatic hydroxyl groups excluding tert-OH is 2. The predicted molar refractivity (Wildman–Crippen MR) is 127 cm³/mol. The van der Waals surface area contributed by atoms with Crippen LogP contribution in [0.4, 0.5) is 13.2 Å². The number of fused-ring (bicyclic) bond motifs is 1. The first-order valence-electron chi connectivity index (χ1n) is 11.6. The zero-order valence-corrected chi connectivity index (χ0v) is 20.3. The van der Waals surface area contributed by atoms with Gasteiger partial charge in [0.1, 0.15) is 5.75 Å². The van der Waals surface area contributed by atoms with E-state index in [2.05, 4.69) is 20.4 Å². The fourth-order valence-corrected chi connectivity index (χ4v) is 3.85. The molecule has 1 atom stereocenters. The van der Waals surface area contributed by atoms with Crippen molar-refractivity contribution in [3.63, 3.8) is 0 Å². The van der Waals surface area contributed by atoms with Gasteiger partial charge in [-0.05, 0) is 37.1 Å². The molecule has 3 heterocycles. The van der Waals surface area contributed by atoms with E-state index in [1.165, 1.54) is 23.0 Å². The molecular weight excluding hydrogens is 509 g/mol. The summed E-state index contributed by atoms with van der Waals surface area (Å²) >= 11 is 0. The van der Waals surface area contributed by atoms with Crippen LogP contribution in [-0.4, -0.2) is 64.3 Å². The molecule has 14 heteroatoms. The molecule has 0 unspecified atom stereocenters. The zero-order valence-electron chi connectivity index (χ0n) is 20.3. The molecule has 3 aromatic heterocycles. The van der Waals surface area contributed by atoms with Crippen molar-refractivity contribution in [1.29, 1.82) is 0 Å². The van der Waals surface area contributed by atoms with Crippen molar-refractivity contribution in [2.45, 2.75) is 45.3 Å². The minimum absolute atomic E-state index is 0.0126. The van der Waals surface area contributed by atoms with Gasteiger partial charge in [0.15, 0.2) is 12.0 Å². The highest BCUT2D eigenvalue weighted by Gasteiger charge is 2.38. The maximum Gasteiger partial charge on any atom is 0.435 e. The minimum atomic E-state index is -4.81. The van der Waals surface area contributed by atoms with Crippen LogP contribution in [0.2, 0.25) is 0 Å². The minimum Gasteiger partial charge on any atom is -0.436 e. The lowest BCUT2D eigenvalue weighted by atomic mass is 10.0. The van der Waals surface area contributed by atoms with Crippen molar-refractivity contribution >= 4 is 11.6 Å². The molecule has 0 saturated carbocycles. The predicted octanol–water partition coefficient (Wildman–Crippen LogP) is 2.39. The normalized spacial score (nSPS) is 12.8. The molecule has 1 amide bonds. The van der Waals surface area contributed by atoms with Gasteiger partial charge < -0.3 is 25.4 Å². The molecule has 202 valence electrons. The standard InChI is InChI=1S/C24H25F3N6O5/c1-3-14-8-15(4-5-16(14)22(37)30-13(2)12-34)38-23-21-29-9-18(33(21)7-6-28-23)17-10-32(11-19(35)36)31-20(17)24(25,26)27/h4-10,13,19,34-36H,3,11-12H2,1-2H3,(H,30,37)/t13-/m0/s1. The summed E-state index contributed by atoms with van der Waals surface area (Å²) in [6.45, 7) is 2.78. The Morgan fingerprint density at radius 1 is 1.24 bits per heavy atom. The number of aryl methyl sites for hydroxylation is 1. The fourth-order valence-electron chi connectivity index (χ4n) is 3.85. The third-order valence-corrected chi connectivity index (χ3v) is 5.62. The van der Waals surface area contributed by atoms with Crippen LogP contribution < -0.4 is 10.1 Å². The summed E-state index contributed by atoms with van der Waals surface area (Å²) in [4.78, 5) is 20.9. The Labute approximate surface area is 214 Å². The van der Waals surface area contributed by atoms with Gasteiger partial charge in [-0.3, -0.25) is 13.9 Å². The topological polar surface area (TPSA) is 147 Å². The Bertz CT molecular complexity index is 1450. The average Bonchev–Trinajstić information content (AvgIpc) is 3.48. The van der Waals surface area contributed by atoms with Crippen LogP contribution in [0.25, 0.3) is 16.9 Å². The molecule has 38 heavy (non-hydrogen) atoms.